The van der Waals surface area contributed by atoms with E-state index >= 15 is 0 Å². The number of anilines is 1. The third-order valence-electron chi connectivity index (χ3n) is 3.49. The van der Waals surface area contributed by atoms with Crippen LogP contribution in [0.25, 0.3) is 0 Å². The molecule has 3 aromatic rings. The quantitative estimate of drug-likeness (QED) is 0.317. The molecule has 0 aliphatic rings. The molecule has 1 aromatic carbocycles. The summed E-state index contributed by atoms with van der Waals surface area (Å²) in [5.74, 6) is -0.571. The van der Waals surface area contributed by atoms with E-state index in [0.717, 1.165) is 0 Å². The first-order valence-corrected chi connectivity index (χ1v) is 9.02. The lowest BCUT2D eigenvalue weighted by molar-refractivity contribution is 0.449. The van der Waals surface area contributed by atoms with Gasteiger partial charge >= 0.3 is 0 Å². The second-order valence-corrected chi connectivity index (χ2v) is 6.58. The van der Waals surface area contributed by atoms with Gasteiger partial charge in [-0.15, -0.1) is 0 Å². The SMILES string of the molecule is Fc1ccc(Oc2ncccc2CNC(=S)Nc2ccc(F)c(Cl)c2Cl)cn1. The molecule has 0 unspecified atom stereocenters. The van der Waals surface area contributed by atoms with Crippen LogP contribution in [0.3, 0.4) is 0 Å². The lowest BCUT2D eigenvalue weighted by Gasteiger charge is -2.14. The Labute approximate surface area is 174 Å². The fourth-order valence-corrected chi connectivity index (χ4v) is 2.70. The molecule has 10 heteroatoms. The van der Waals surface area contributed by atoms with Crippen LogP contribution in [0.4, 0.5) is 14.5 Å². The van der Waals surface area contributed by atoms with Gasteiger partial charge in [0.15, 0.2) is 5.11 Å². The predicted molar refractivity (Wildman–Crippen MR) is 108 cm³/mol. The molecule has 0 saturated heterocycles. The first-order chi connectivity index (χ1) is 13.4. The largest absolute Gasteiger partial charge is 0.437 e. The summed E-state index contributed by atoms with van der Waals surface area (Å²) in [4.78, 5) is 7.70. The maximum absolute atomic E-state index is 13.4. The molecule has 0 aliphatic heterocycles. The fourth-order valence-electron chi connectivity index (χ4n) is 2.15. The van der Waals surface area contributed by atoms with Crippen molar-refractivity contribution in [2.75, 3.05) is 5.32 Å². The highest BCUT2D eigenvalue weighted by molar-refractivity contribution is 7.80. The molecule has 0 fully saturated rings. The van der Waals surface area contributed by atoms with Crippen LogP contribution in [-0.2, 0) is 6.54 Å². The summed E-state index contributed by atoms with van der Waals surface area (Å²) in [5.41, 5.74) is 1.06. The number of hydrogen-bond acceptors (Lipinski definition) is 4. The topological polar surface area (TPSA) is 59.1 Å². The van der Waals surface area contributed by atoms with Crippen LogP contribution in [0.2, 0.25) is 10.0 Å². The van der Waals surface area contributed by atoms with Crippen LogP contribution in [0.15, 0.2) is 48.8 Å². The number of ether oxygens (including phenoxy) is 1. The van der Waals surface area contributed by atoms with Gasteiger partial charge < -0.3 is 15.4 Å². The van der Waals surface area contributed by atoms with Crippen molar-refractivity contribution in [2.24, 2.45) is 0 Å². The molecule has 0 aliphatic carbocycles. The molecule has 28 heavy (non-hydrogen) atoms. The maximum atomic E-state index is 13.4. The van der Waals surface area contributed by atoms with Gasteiger partial charge in [0.2, 0.25) is 11.8 Å². The van der Waals surface area contributed by atoms with Crippen molar-refractivity contribution in [3.8, 4) is 11.6 Å². The Kier molecular flexibility index (Phi) is 6.56. The average molecular weight is 441 g/mol. The summed E-state index contributed by atoms with van der Waals surface area (Å²) >= 11 is 17.0. The van der Waals surface area contributed by atoms with Gasteiger partial charge in [-0.25, -0.2) is 14.4 Å². The predicted octanol–water partition coefficient (Wildman–Crippen LogP) is 5.34. The Morgan fingerprint density at radius 1 is 1.07 bits per heavy atom. The number of rotatable bonds is 5. The van der Waals surface area contributed by atoms with Crippen molar-refractivity contribution in [3.05, 3.63) is 76.2 Å². The molecule has 0 atom stereocenters. The van der Waals surface area contributed by atoms with Crippen LogP contribution in [0.5, 0.6) is 11.6 Å². The van der Waals surface area contributed by atoms with Gasteiger partial charge in [-0.1, -0.05) is 29.3 Å². The molecule has 3 rings (SSSR count). The zero-order valence-corrected chi connectivity index (χ0v) is 16.4. The van der Waals surface area contributed by atoms with Crippen molar-refractivity contribution in [3.63, 3.8) is 0 Å². The third-order valence-corrected chi connectivity index (χ3v) is 4.59. The highest BCUT2D eigenvalue weighted by Crippen LogP contribution is 2.32. The van der Waals surface area contributed by atoms with Crippen molar-refractivity contribution in [2.45, 2.75) is 6.54 Å². The van der Waals surface area contributed by atoms with Gasteiger partial charge in [0, 0.05) is 18.3 Å². The Hall–Kier alpha value is -2.55. The summed E-state index contributed by atoms with van der Waals surface area (Å²) in [7, 11) is 0. The van der Waals surface area contributed by atoms with Gasteiger partial charge in [-0.2, -0.15) is 4.39 Å². The van der Waals surface area contributed by atoms with Gasteiger partial charge in [0.05, 0.1) is 21.9 Å². The Balaban J connectivity index is 1.65. The lowest BCUT2D eigenvalue weighted by Crippen LogP contribution is -2.28. The summed E-state index contributed by atoms with van der Waals surface area (Å²) in [5, 5.41) is 5.90. The highest BCUT2D eigenvalue weighted by atomic mass is 35.5. The van der Waals surface area contributed by atoms with Crippen molar-refractivity contribution >= 4 is 46.2 Å². The van der Waals surface area contributed by atoms with Crippen LogP contribution >= 0.6 is 35.4 Å². The molecule has 2 aromatic heterocycles. The third kappa shape index (κ3) is 5.03. The van der Waals surface area contributed by atoms with E-state index in [4.69, 9.17) is 40.2 Å². The molecule has 0 amide bonds. The van der Waals surface area contributed by atoms with E-state index in [2.05, 4.69) is 20.6 Å². The number of benzene rings is 1. The second-order valence-electron chi connectivity index (χ2n) is 5.42. The minimum Gasteiger partial charge on any atom is -0.437 e. The van der Waals surface area contributed by atoms with E-state index in [0.29, 0.717) is 22.9 Å². The number of thiocarbonyl (C=S) groups is 1. The molecule has 2 N–H and O–H groups in total. The molecule has 0 radical (unpaired) electrons. The van der Waals surface area contributed by atoms with E-state index in [-0.39, 0.29) is 21.7 Å². The number of aromatic nitrogens is 2. The van der Waals surface area contributed by atoms with Gasteiger partial charge in [0.1, 0.15) is 11.6 Å². The molecule has 0 bridgehead atoms. The number of nitrogens with one attached hydrogen (secondary N) is 2. The van der Waals surface area contributed by atoms with Crippen molar-refractivity contribution in [1.29, 1.82) is 0 Å². The zero-order chi connectivity index (χ0) is 20.1. The van der Waals surface area contributed by atoms with Crippen LogP contribution < -0.4 is 15.4 Å². The zero-order valence-electron chi connectivity index (χ0n) is 14.0. The Morgan fingerprint density at radius 3 is 2.64 bits per heavy atom. The van der Waals surface area contributed by atoms with E-state index in [9.17, 15) is 8.78 Å². The highest BCUT2D eigenvalue weighted by Gasteiger charge is 2.12. The number of hydrogen-bond donors (Lipinski definition) is 2. The Bertz CT molecular complexity index is 1010. The molecule has 2 heterocycles. The minimum absolute atomic E-state index is 0.0278. The smallest absolute Gasteiger partial charge is 0.224 e. The molecule has 0 saturated carbocycles. The molecule has 144 valence electrons. The second kappa shape index (κ2) is 9.09. The van der Waals surface area contributed by atoms with Crippen molar-refractivity contribution in [1.82, 2.24) is 15.3 Å². The molecule has 0 spiro atoms. The summed E-state index contributed by atoms with van der Waals surface area (Å²) in [6, 6.07) is 8.77. The van der Waals surface area contributed by atoms with Crippen molar-refractivity contribution < 1.29 is 13.5 Å². The van der Waals surface area contributed by atoms with E-state index in [1.165, 1.54) is 30.5 Å². The summed E-state index contributed by atoms with van der Waals surface area (Å²) in [6.45, 7) is 0.274. The van der Waals surface area contributed by atoms with E-state index in [1.807, 2.05) is 0 Å². The number of pyridine rings is 2. The van der Waals surface area contributed by atoms with E-state index < -0.39 is 11.8 Å². The van der Waals surface area contributed by atoms with Crippen LogP contribution in [0.1, 0.15) is 5.56 Å². The lowest BCUT2D eigenvalue weighted by atomic mass is 10.2. The molecule has 5 nitrogen and oxygen atoms in total. The monoisotopic (exact) mass is 440 g/mol. The Morgan fingerprint density at radius 2 is 1.89 bits per heavy atom. The first kappa shape index (κ1) is 20.2. The van der Waals surface area contributed by atoms with Gasteiger partial charge in [-0.3, -0.25) is 0 Å². The maximum Gasteiger partial charge on any atom is 0.224 e. The average Bonchev–Trinajstić information content (AvgIpc) is 2.69. The van der Waals surface area contributed by atoms with Gasteiger partial charge in [0.25, 0.3) is 0 Å². The van der Waals surface area contributed by atoms with Gasteiger partial charge in [-0.05, 0) is 42.5 Å². The van der Waals surface area contributed by atoms with Crippen LogP contribution in [-0.4, -0.2) is 15.1 Å². The summed E-state index contributed by atoms with van der Waals surface area (Å²) in [6.07, 6.45) is 2.82. The minimum atomic E-state index is -0.622. The number of halogens is 4. The first-order valence-electron chi connectivity index (χ1n) is 7.85. The standard InChI is InChI=1S/C18H12Cl2F2N4OS/c19-15-12(21)4-5-13(16(15)20)26-18(28)25-8-10-2-1-7-23-17(10)27-11-3-6-14(22)24-9-11/h1-7,9H,8H2,(H2,25,26,28). The number of nitrogens with zero attached hydrogens (tertiary/aromatic N) is 2. The fraction of sp³-hybridized carbons (Fsp3) is 0.0556. The van der Waals surface area contributed by atoms with E-state index in [1.54, 1.807) is 18.3 Å². The summed E-state index contributed by atoms with van der Waals surface area (Å²) < 4.78 is 31.9. The molecular formula is C18H12Cl2F2N4OS. The normalized spacial score (nSPS) is 10.4. The van der Waals surface area contributed by atoms with Crippen LogP contribution in [0, 0.1) is 11.8 Å². The molecular weight excluding hydrogens is 429 g/mol.